The molecule has 3 heteroatoms. The number of rotatable bonds is 6. The summed E-state index contributed by atoms with van der Waals surface area (Å²) < 4.78 is 5.84. The first kappa shape index (κ1) is 15.5. The molecule has 0 aliphatic heterocycles. The third-order valence-corrected chi connectivity index (χ3v) is 3.39. The summed E-state index contributed by atoms with van der Waals surface area (Å²) in [6.45, 7) is 6.02. The van der Waals surface area contributed by atoms with Gasteiger partial charge < -0.3 is 9.64 Å². The quantitative estimate of drug-likeness (QED) is 0.806. The molecule has 3 nitrogen and oxygen atoms in total. The van der Waals surface area contributed by atoms with Crippen molar-refractivity contribution < 1.29 is 4.74 Å². The zero-order valence-electron chi connectivity index (χ0n) is 13.3. The lowest BCUT2D eigenvalue weighted by Gasteiger charge is -2.16. The average Bonchev–Trinajstić information content (AvgIpc) is 2.47. The second kappa shape index (κ2) is 7.23. The highest BCUT2D eigenvalue weighted by Crippen LogP contribution is 2.31. The Kier molecular flexibility index (Phi) is 5.34. The molecule has 112 valence electrons. The van der Waals surface area contributed by atoms with Crippen LogP contribution >= 0.6 is 0 Å². The first-order chi connectivity index (χ1) is 10.1. The zero-order valence-corrected chi connectivity index (χ0v) is 13.3. The maximum absolute atomic E-state index is 5.84. The van der Waals surface area contributed by atoms with E-state index >= 15 is 0 Å². The highest BCUT2D eigenvalue weighted by atomic mass is 16.5. The number of hydrogen-bond acceptors (Lipinski definition) is 3. The van der Waals surface area contributed by atoms with Crippen LogP contribution in [0.15, 0.2) is 42.6 Å². The van der Waals surface area contributed by atoms with Crippen LogP contribution in [0.5, 0.6) is 5.75 Å². The van der Waals surface area contributed by atoms with Gasteiger partial charge in [-0.3, -0.25) is 4.98 Å². The Morgan fingerprint density at radius 3 is 2.57 bits per heavy atom. The van der Waals surface area contributed by atoms with E-state index in [1.807, 2.05) is 44.6 Å². The lowest BCUT2D eigenvalue weighted by molar-refractivity contribution is 0.261. The van der Waals surface area contributed by atoms with Gasteiger partial charge in [-0.15, -0.1) is 0 Å². The van der Waals surface area contributed by atoms with Crippen molar-refractivity contribution in [2.75, 3.05) is 27.2 Å². The molecule has 21 heavy (non-hydrogen) atoms. The Morgan fingerprint density at radius 2 is 1.95 bits per heavy atom. The minimum Gasteiger partial charge on any atom is -0.492 e. The van der Waals surface area contributed by atoms with Gasteiger partial charge in [0.1, 0.15) is 12.4 Å². The van der Waals surface area contributed by atoms with Gasteiger partial charge in [-0.1, -0.05) is 19.9 Å². The van der Waals surface area contributed by atoms with Crippen molar-refractivity contribution in [3.8, 4) is 17.0 Å². The van der Waals surface area contributed by atoms with Crippen molar-refractivity contribution in [1.29, 1.82) is 0 Å². The predicted octanol–water partition coefficient (Wildman–Crippen LogP) is 3.81. The normalized spacial score (nSPS) is 11.1. The Morgan fingerprint density at radius 1 is 1.14 bits per heavy atom. The lowest BCUT2D eigenvalue weighted by Crippen LogP contribution is -2.19. The number of pyridine rings is 1. The molecule has 0 atom stereocenters. The molecular formula is C18H24N2O. The molecule has 0 radical (unpaired) electrons. The van der Waals surface area contributed by atoms with Crippen molar-refractivity contribution >= 4 is 0 Å². The minimum absolute atomic E-state index is 0.430. The molecule has 0 aliphatic rings. The highest BCUT2D eigenvalue weighted by Gasteiger charge is 2.11. The summed E-state index contributed by atoms with van der Waals surface area (Å²) in [5.41, 5.74) is 3.47. The smallest absolute Gasteiger partial charge is 0.119 e. The molecule has 2 aromatic rings. The summed E-state index contributed by atoms with van der Waals surface area (Å²) >= 11 is 0. The molecule has 0 bridgehead atoms. The fraction of sp³-hybridized carbons (Fsp3) is 0.389. The third kappa shape index (κ3) is 4.30. The predicted molar refractivity (Wildman–Crippen MR) is 87.8 cm³/mol. The van der Waals surface area contributed by atoms with Crippen molar-refractivity contribution in [1.82, 2.24) is 9.88 Å². The fourth-order valence-electron chi connectivity index (χ4n) is 2.21. The Labute approximate surface area is 127 Å². The molecule has 0 N–H and O–H groups in total. The van der Waals surface area contributed by atoms with Crippen molar-refractivity contribution in [2.45, 2.75) is 19.8 Å². The van der Waals surface area contributed by atoms with Crippen LogP contribution in [-0.4, -0.2) is 37.1 Å². The molecule has 0 aliphatic carbocycles. The Balaban J connectivity index is 2.23. The van der Waals surface area contributed by atoms with Gasteiger partial charge in [-0.05, 0) is 55.9 Å². The van der Waals surface area contributed by atoms with Crippen molar-refractivity contribution in [3.63, 3.8) is 0 Å². The number of ether oxygens (including phenoxy) is 1. The molecule has 0 saturated heterocycles. The van der Waals surface area contributed by atoms with Crippen molar-refractivity contribution in [2.24, 2.45) is 0 Å². The van der Waals surface area contributed by atoms with E-state index in [0.717, 1.165) is 18.0 Å². The second-order valence-corrected chi connectivity index (χ2v) is 5.77. The summed E-state index contributed by atoms with van der Waals surface area (Å²) in [5, 5.41) is 0. The highest BCUT2D eigenvalue weighted by molar-refractivity contribution is 5.65. The van der Waals surface area contributed by atoms with Crippen LogP contribution in [0.3, 0.4) is 0 Å². The van der Waals surface area contributed by atoms with Gasteiger partial charge in [0, 0.05) is 18.3 Å². The molecule has 1 aromatic carbocycles. The average molecular weight is 284 g/mol. The maximum atomic E-state index is 5.84. The molecule has 1 aromatic heterocycles. The summed E-state index contributed by atoms with van der Waals surface area (Å²) in [6.07, 6.45) is 1.83. The van der Waals surface area contributed by atoms with Gasteiger partial charge in [0.05, 0.1) is 5.69 Å². The van der Waals surface area contributed by atoms with E-state index in [9.17, 15) is 0 Å². The molecule has 0 unspecified atom stereocenters. The molecule has 1 heterocycles. The van der Waals surface area contributed by atoms with E-state index in [2.05, 4.69) is 35.9 Å². The van der Waals surface area contributed by atoms with Gasteiger partial charge in [-0.2, -0.15) is 0 Å². The van der Waals surface area contributed by atoms with Crippen LogP contribution in [-0.2, 0) is 0 Å². The molecule has 0 amide bonds. The first-order valence-corrected chi connectivity index (χ1v) is 7.41. The number of nitrogens with zero attached hydrogens (tertiary/aromatic N) is 2. The van der Waals surface area contributed by atoms with Crippen molar-refractivity contribution in [3.05, 3.63) is 48.2 Å². The standard InChI is InChI=1S/C18H24N2O/c1-14(2)17-13-15(21-12-11-20(3)4)8-9-16(17)18-7-5-6-10-19-18/h5-10,13-14H,11-12H2,1-4H3. The van der Waals surface area contributed by atoms with Gasteiger partial charge in [0.25, 0.3) is 0 Å². The van der Waals surface area contributed by atoms with Crippen LogP contribution < -0.4 is 4.74 Å². The summed E-state index contributed by atoms with van der Waals surface area (Å²) in [4.78, 5) is 6.58. The van der Waals surface area contributed by atoms with Crippen LogP contribution in [0.4, 0.5) is 0 Å². The van der Waals surface area contributed by atoms with Gasteiger partial charge in [0.2, 0.25) is 0 Å². The Hall–Kier alpha value is -1.87. The largest absolute Gasteiger partial charge is 0.492 e. The third-order valence-electron chi connectivity index (χ3n) is 3.39. The number of aromatic nitrogens is 1. The van der Waals surface area contributed by atoms with Crippen LogP contribution in [0.1, 0.15) is 25.3 Å². The fourth-order valence-corrected chi connectivity index (χ4v) is 2.21. The van der Waals surface area contributed by atoms with E-state index in [-0.39, 0.29) is 0 Å². The number of likely N-dealkylation sites (N-methyl/N-ethyl adjacent to an activating group) is 1. The maximum Gasteiger partial charge on any atom is 0.119 e. The van der Waals surface area contributed by atoms with Crippen LogP contribution in [0, 0.1) is 0 Å². The van der Waals surface area contributed by atoms with Gasteiger partial charge in [-0.25, -0.2) is 0 Å². The molecular weight excluding hydrogens is 260 g/mol. The van der Waals surface area contributed by atoms with E-state index in [1.165, 1.54) is 11.1 Å². The molecule has 0 saturated carbocycles. The Bertz CT molecular complexity index is 565. The SMILES string of the molecule is CC(C)c1cc(OCCN(C)C)ccc1-c1ccccn1. The summed E-state index contributed by atoms with van der Waals surface area (Å²) in [6, 6.07) is 12.3. The second-order valence-electron chi connectivity index (χ2n) is 5.77. The van der Waals surface area contributed by atoms with Gasteiger partial charge >= 0.3 is 0 Å². The molecule has 0 fully saturated rings. The molecule has 0 spiro atoms. The lowest BCUT2D eigenvalue weighted by atomic mass is 9.95. The topological polar surface area (TPSA) is 25.4 Å². The first-order valence-electron chi connectivity index (χ1n) is 7.41. The van der Waals surface area contributed by atoms with E-state index in [4.69, 9.17) is 4.74 Å². The monoisotopic (exact) mass is 284 g/mol. The number of hydrogen-bond donors (Lipinski definition) is 0. The van der Waals surface area contributed by atoms with Gasteiger partial charge in [0.15, 0.2) is 0 Å². The summed E-state index contributed by atoms with van der Waals surface area (Å²) in [7, 11) is 4.10. The zero-order chi connectivity index (χ0) is 15.2. The molecule has 2 rings (SSSR count). The number of benzene rings is 1. The van der Waals surface area contributed by atoms with E-state index < -0.39 is 0 Å². The summed E-state index contributed by atoms with van der Waals surface area (Å²) in [5.74, 6) is 1.36. The van der Waals surface area contributed by atoms with E-state index in [0.29, 0.717) is 12.5 Å². The van der Waals surface area contributed by atoms with Crippen LogP contribution in [0.25, 0.3) is 11.3 Å². The van der Waals surface area contributed by atoms with E-state index in [1.54, 1.807) is 0 Å². The minimum atomic E-state index is 0.430. The van der Waals surface area contributed by atoms with Crippen LogP contribution in [0.2, 0.25) is 0 Å².